The molecule has 1 aliphatic heterocycles. The molecule has 1 saturated heterocycles. The van der Waals surface area contributed by atoms with Crippen LogP contribution in [0.1, 0.15) is 18.4 Å². The van der Waals surface area contributed by atoms with Crippen molar-refractivity contribution in [1.82, 2.24) is 19.9 Å². The zero-order chi connectivity index (χ0) is 21.9. The number of H-pyrrole nitrogens is 1. The Morgan fingerprint density at radius 2 is 1.97 bits per heavy atom. The average molecular weight is 577 g/mol. The summed E-state index contributed by atoms with van der Waals surface area (Å²) in [5.41, 5.74) is -3.55. The highest BCUT2D eigenvalue weighted by Crippen LogP contribution is 2.29. The fourth-order valence-electron chi connectivity index (χ4n) is 3.46. The van der Waals surface area contributed by atoms with E-state index < -0.39 is 15.5 Å². The molecule has 0 bridgehead atoms. The van der Waals surface area contributed by atoms with Crippen LogP contribution in [-0.4, -0.2) is 61.9 Å². The second-order valence-corrected chi connectivity index (χ2v) is 8.95. The van der Waals surface area contributed by atoms with Crippen LogP contribution >= 0.6 is 24.0 Å². The molecule has 0 radical (unpaired) electrons. The summed E-state index contributed by atoms with van der Waals surface area (Å²) in [6.07, 6.45) is 2.95. The van der Waals surface area contributed by atoms with Gasteiger partial charge in [-0.25, -0.2) is 12.8 Å². The first-order chi connectivity index (χ1) is 14.1. The second kappa shape index (κ2) is 10.3. The Bertz CT molecular complexity index is 1020. The number of rotatable bonds is 5. The van der Waals surface area contributed by atoms with Gasteiger partial charge in [0.2, 0.25) is 0 Å². The van der Waals surface area contributed by atoms with Gasteiger partial charge >= 0.3 is 15.5 Å². The van der Waals surface area contributed by atoms with Gasteiger partial charge in [-0.2, -0.15) is 17.5 Å². The van der Waals surface area contributed by atoms with Crippen molar-refractivity contribution in [1.29, 1.82) is 0 Å². The first-order valence-corrected chi connectivity index (χ1v) is 10.8. The van der Waals surface area contributed by atoms with Crippen molar-refractivity contribution in [3.05, 3.63) is 35.8 Å². The summed E-state index contributed by atoms with van der Waals surface area (Å²) in [7, 11) is -3.71. The fraction of sp³-hybridized carbons (Fsp3) is 0.500. The van der Waals surface area contributed by atoms with E-state index in [0.717, 1.165) is 10.9 Å². The maximum absolute atomic E-state index is 13.3. The number of nitrogens with one attached hydrogen (secondary N) is 3. The molecule has 0 aliphatic carbocycles. The van der Waals surface area contributed by atoms with E-state index >= 15 is 0 Å². The number of halogens is 5. The number of sulfonamides is 1. The average Bonchev–Trinajstić information content (AvgIpc) is 3.08. The quantitative estimate of drug-likeness (QED) is 0.221. The number of guanidine groups is 1. The first-order valence-electron chi connectivity index (χ1n) is 9.41. The molecule has 1 aromatic carbocycles. The SMILES string of the molecule is CN=C(NCCc1c[nH]c2cc(F)ccc12)NC1CCN(S(=O)(=O)C(F)(F)F)CC1.I. The van der Waals surface area contributed by atoms with Crippen LogP contribution in [0.2, 0.25) is 0 Å². The van der Waals surface area contributed by atoms with E-state index in [1.807, 2.05) is 6.20 Å². The summed E-state index contributed by atoms with van der Waals surface area (Å²) in [5.74, 6) is 0.172. The summed E-state index contributed by atoms with van der Waals surface area (Å²) < 4.78 is 74.7. The van der Waals surface area contributed by atoms with Gasteiger partial charge in [0.1, 0.15) is 5.82 Å². The number of aromatic amines is 1. The van der Waals surface area contributed by atoms with Crippen LogP contribution in [-0.2, 0) is 16.4 Å². The van der Waals surface area contributed by atoms with Crippen molar-refractivity contribution in [2.45, 2.75) is 30.8 Å². The molecule has 3 N–H and O–H groups in total. The third-order valence-electron chi connectivity index (χ3n) is 5.07. The topological polar surface area (TPSA) is 89.6 Å². The third kappa shape index (κ3) is 6.00. The normalized spacial score (nSPS) is 16.9. The van der Waals surface area contributed by atoms with Crippen molar-refractivity contribution >= 4 is 50.9 Å². The molecule has 3 rings (SSSR count). The molecule has 0 amide bonds. The van der Waals surface area contributed by atoms with Gasteiger partial charge in [-0.1, -0.05) is 0 Å². The van der Waals surface area contributed by atoms with Crippen molar-refractivity contribution in [2.24, 2.45) is 4.99 Å². The van der Waals surface area contributed by atoms with Gasteiger partial charge in [0, 0.05) is 49.8 Å². The van der Waals surface area contributed by atoms with Gasteiger partial charge in [0.05, 0.1) is 0 Å². The van der Waals surface area contributed by atoms with E-state index in [-0.39, 0.29) is 61.8 Å². The molecule has 31 heavy (non-hydrogen) atoms. The van der Waals surface area contributed by atoms with Crippen molar-refractivity contribution < 1.29 is 26.0 Å². The number of benzene rings is 1. The summed E-state index contributed by atoms with van der Waals surface area (Å²) in [4.78, 5) is 7.13. The second-order valence-electron chi connectivity index (χ2n) is 7.02. The number of hydrogen-bond donors (Lipinski definition) is 3. The molecule has 1 aliphatic rings. The van der Waals surface area contributed by atoms with Gasteiger partial charge in [-0.05, 0) is 43.0 Å². The standard InChI is InChI=1S/C18H23F4N5O2S.HI/c1-23-17(24-7-4-12-11-25-16-10-13(19)2-3-15(12)16)26-14-5-8-27(9-6-14)30(28,29)18(20,21)22;/h2-3,10-11,14,25H,4-9H2,1H3,(H2,23,24,26);1H. The molecule has 0 unspecified atom stereocenters. The van der Waals surface area contributed by atoms with Gasteiger partial charge in [0.25, 0.3) is 0 Å². The highest BCUT2D eigenvalue weighted by atomic mass is 127. The molecular formula is C18H24F4IN5O2S. The summed E-state index contributed by atoms with van der Waals surface area (Å²) in [6.45, 7) is 0.121. The van der Waals surface area contributed by atoms with Crippen LogP contribution in [0, 0.1) is 5.82 Å². The van der Waals surface area contributed by atoms with Gasteiger partial charge in [-0.3, -0.25) is 4.99 Å². The maximum Gasteiger partial charge on any atom is 0.511 e. The zero-order valence-electron chi connectivity index (χ0n) is 16.7. The van der Waals surface area contributed by atoms with E-state index in [0.29, 0.717) is 28.7 Å². The Balaban J connectivity index is 0.00000341. The molecule has 0 saturated carbocycles. The Morgan fingerprint density at radius 1 is 1.29 bits per heavy atom. The molecule has 13 heteroatoms. The molecule has 174 valence electrons. The molecule has 0 atom stereocenters. The van der Waals surface area contributed by atoms with E-state index in [1.165, 1.54) is 12.1 Å². The third-order valence-corrected chi connectivity index (χ3v) is 6.70. The number of piperidine rings is 1. The Kier molecular flexibility index (Phi) is 8.55. The molecular weight excluding hydrogens is 553 g/mol. The molecule has 7 nitrogen and oxygen atoms in total. The largest absolute Gasteiger partial charge is 0.511 e. The Hall–Kier alpha value is -1.61. The van der Waals surface area contributed by atoms with Crippen LogP contribution in [0.25, 0.3) is 10.9 Å². The highest BCUT2D eigenvalue weighted by molar-refractivity contribution is 14.0. The Morgan fingerprint density at radius 3 is 2.58 bits per heavy atom. The number of aliphatic imine (C=N–C) groups is 1. The van der Waals surface area contributed by atoms with Crippen molar-refractivity contribution in [3.63, 3.8) is 0 Å². The number of nitrogens with zero attached hydrogens (tertiary/aromatic N) is 2. The lowest BCUT2D eigenvalue weighted by molar-refractivity contribution is -0.0494. The lowest BCUT2D eigenvalue weighted by Gasteiger charge is -2.32. The van der Waals surface area contributed by atoms with Crippen molar-refractivity contribution in [2.75, 3.05) is 26.7 Å². The number of hydrogen-bond acceptors (Lipinski definition) is 3. The highest BCUT2D eigenvalue weighted by Gasteiger charge is 2.50. The van der Waals surface area contributed by atoms with E-state index in [2.05, 4.69) is 20.6 Å². The minimum absolute atomic E-state index is 0. The Labute approximate surface area is 194 Å². The predicted octanol–water partition coefficient (Wildman–Crippen LogP) is 2.95. The zero-order valence-corrected chi connectivity index (χ0v) is 19.8. The smallest absolute Gasteiger partial charge is 0.361 e. The molecule has 2 aromatic rings. The van der Waals surface area contributed by atoms with Crippen LogP contribution in [0.3, 0.4) is 0 Å². The minimum Gasteiger partial charge on any atom is -0.361 e. The first kappa shape index (κ1) is 25.6. The predicted molar refractivity (Wildman–Crippen MR) is 121 cm³/mol. The summed E-state index contributed by atoms with van der Waals surface area (Å²) >= 11 is 0. The van der Waals surface area contributed by atoms with E-state index in [9.17, 15) is 26.0 Å². The minimum atomic E-state index is -5.28. The van der Waals surface area contributed by atoms with Crippen LogP contribution in [0.5, 0.6) is 0 Å². The molecule has 2 heterocycles. The summed E-state index contributed by atoms with van der Waals surface area (Å²) in [5, 5.41) is 7.19. The van der Waals surface area contributed by atoms with Crippen molar-refractivity contribution in [3.8, 4) is 0 Å². The molecule has 1 aromatic heterocycles. The summed E-state index contributed by atoms with van der Waals surface area (Å²) in [6, 6.07) is 4.36. The van der Waals surface area contributed by atoms with Crippen LogP contribution in [0.15, 0.2) is 29.4 Å². The van der Waals surface area contributed by atoms with Gasteiger partial charge in [0.15, 0.2) is 5.96 Å². The van der Waals surface area contributed by atoms with Gasteiger partial charge < -0.3 is 15.6 Å². The van der Waals surface area contributed by atoms with Crippen LogP contribution < -0.4 is 10.6 Å². The molecule has 0 spiro atoms. The van der Waals surface area contributed by atoms with E-state index in [1.54, 1.807) is 13.1 Å². The fourth-order valence-corrected chi connectivity index (χ4v) is 4.44. The number of aromatic nitrogens is 1. The lowest BCUT2D eigenvalue weighted by atomic mass is 10.1. The maximum atomic E-state index is 13.3. The van der Waals surface area contributed by atoms with E-state index in [4.69, 9.17) is 0 Å². The number of alkyl halides is 3. The monoisotopic (exact) mass is 577 g/mol. The number of fused-ring (bicyclic) bond motifs is 1. The lowest BCUT2D eigenvalue weighted by Crippen LogP contribution is -2.51. The van der Waals surface area contributed by atoms with Crippen LogP contribution in [0.4, 0.5) is 17.6 Å². The molecule has 1 fully saturated rings. The van der Waals surface area contributed by atoms with Gasteiger partial charge in [-0.15, -0.1) is 24.0 Å².